The van der Waals surface area contributed by atoms with Gasteiger partial charge in [0.2, 0.25) is 5.75 Å². The van der Waals surface area contributed by atoms with Gasteiger partial charge in [-0.3, -0.25) is 24.6 Å². The minimum atomic E-state index is -4.76. The predicted octanol–water partition coefficient (Wildman–Crippen LogP) is 8.71. The summed E-state index contributed by atoms with van der Waals surface area (Å²) in [5.41, 5.74) is -0.929. The molecule has 38 heavy (non-hydrogen) atoms. The highest BCUT2D eigenvalue weighted by atomic mass is 79.9. The summed E-state index contributed by atoms with van der Waals surface area (Å²) in [4.78, 5) is 36.9. The van der Waals surface area contributed by atoms with Crippen LogP contribution in [0.25, 0.3) is 6.08 Å². The molecule has 3 aromatic carbocycles. The van der Waals surface area contributed by atoms with Crippen LogP contribution >= 0.6 is 50.9 Å². The molecule has 0 radical (unpaired) electrons. The highest BCUT2D eigenvalue weighted by molar-refractivity contribution is 9.10. The third kappa shape index (κ3) is 6.15. The first-order valence-electron chi connectivity index (χ1n) is 10.4. The van der Waals surface area contributed by atoms with Crippen LogP contribution < -0.4 is 4.74 Å². The van der Waals surface area contributed by atoms with Gasteiger partial charge in [-0.15, -0.1) is 0 Å². The Morgan fingerprint density at radius 3 is 2.37 bits per heavy atom. The van der Waals surface area contributed by atoms with Crippen molar-refractivity contribution in [3.8, 4) is 11.5 Å². The average Bonchev–Trinajstić information content (AvgIpc) is 3.09. The van der Waals surface area contributed by atoms with Crippen molar-refractivity contribution in [2.75, 3.05) is 0 Å². The van der Waals surface area contributed by atoms with Crippen molar-refractivity contribution in [3.63, 3.8) is 0 Å². The molecule has 3 aromatic rings. The first-order chi connectivity index (χ1) is 17.8. The van der Waals surface area contributed by atoms with Crippen molar-refractivity contribution >= 4 is 73.8 Å². The zero-order chi connectivity index (χ0) is 27.8. The maximum Gasteiger partial charge on any atom is 0.416 e. The lowest BCUT2D eigenvalue weighted by molar-refractivity contribution is -0.385. The second kappa shape index (κ2) is 11.0. The number of hydrogen-bond donors (Lipinski definition) is 0. The molecule has 0 aromatic heterocycles. The predicted molar refractivity (Wildman–Crippen MR) is 140 cm³/mol. The first-order valence-corrected chi connectivity index (χ1v) is 12.7. The number of nitro groups is 1. The van der Waals surface area contributed by atoms with E-state index in [-0.39, 0.29) is 22.9 Å². The highest BCUT2D eigenvalue weighted by Crippen LogP contribution is 2.40. The number of thioether (sulfide) groups is 1. The largest absolute Gasteiger partial charge is 0.449 e. The van der Waals surface area contributed by atoms with Gasteiger partial charge in [0, 0.05) is 6.07 Å². The van der Waals surface area contributed by atoms with Crippen LogP contribution in [-0.4, -0.2) is 21.0 Å². The molecular formula is C24H12BrCl2F3N2O5S. The number of imide groups is 1. The summed E-state index contributed by atoms with van der Waals surface area (Å²) < 4.78 is 44.6. The first kappa shape index (κ1) is 28.0. The Morgan fingerprint density at radius 1 is 1.03 bits per heavy atom. The molecule has 1 heterocycles. The molecule has 14 heteroatoms. The number of nitrogens with zero attached hydrogens (tertiary/aromatic N) is 2. The average molecular weight is 648 g/mol. The van der Waals surface area contributed by atoms with Crippen LogP contribution in [0, 0.1) is 10.1 Å². The van der Waals surface area contributed by atoms with Crippen molar-refractivity contribution in [1.82, 2.24) is 4.90 Å². The van der Waals surface area contributed by atoms with E-state index in [1.807, 2.05) is 0 Å². The van der Waals surface area contributed by atoms with Crippen LogP contribution in [0.5, 0.6) is 11.5 Å². The highest BCUT2D eigenvalue weighted by Gasteiger charge is 2.35. The Kier molecular flexibility index (Phi) is 8.07. The summed E-state index contributed by atoms with van der Waals surface area (Å²) in [7, 11) is 0. The monoisotopic (exact) mass is 646 g/mol. The molecule has 0 bridgehead atoms. The van der Waals surface area contributed by atoms with E-state index in [2.05, 4.69) is 15.9 Å². The molecule has 0 aliphatic carbocycles. The van der Waals surface area contributed by atoms with Gasteiger partial charge < -0.3 is 4.74 Å². The number of rotatable bonds is 6. The summed E-state index contributed by atoms with van der Waals surface area (Å²) >= 11 is 15.9. The van der Waals surface area contributed by atoms with Crippen molar-refractivity contribution in [3.05, 3.63) is 101 Å². The molecule has 1 saturated heterocycles. The van der Waals surface area contributed by atoms with Crippen LogP contribution in [0.1, 0.15) is 16.7 Å². The Hall–Kier alpha value is -3.06. The quantitative estimate of drug-likeness (QED) is 0.151. The fourth-order valence-corrected chi connectivity index (χ4v) is 4.98. The molecular weight excluding hydrogens is 636 g/mol. The summed E-state index contributed by atoms with van der Waals surface area (Å²) in [6, 6.07) is 11.2. The number of hydrogen-bond acceptors (Lipinski definition) is 6. The lowest BCUT2D eigenvalue weighted by Crippen LogP contribution is -2.27. The molecule has 7 nitrogen and oxygen atoms in total. The molecule has 1 fully saturated rings. The maximum absolute atomic E-state index is 12.9. The van der Waals surface area contributed by atoms with Gasteiger partial charge in [-0.25, -0.2) is 0 Å². The van der Waals surface area contributed by atoms with Crippen molar-refractivity contribution in [1.29, 1.82) is 0 Å². The van der Waals surface area contributed by atoms with Gasteiger partial charge in [0.1, 0.15) is 5.75 Å². The summed E-state index contributed by atoms with van der Waals surface area (Å²) in [6.45, 7) is 0.00127. The van der Waals surface area contributed by atoms with E-state index in [1.54, 1.807) is 18.2 Å². The van der Waals surface area contributed by atoms with Gasteiger partial charge in [0.05, 0.1) is 36.5 Å². The summed E-state index contributed by atoms with van der Waals surface area (Å²) in [5.74, 6) is -0.819. The SMILES string of the molecule is O=C1S/C(=C\c2ccc(Oc3ccc(C(F)(F)F)cc3[N+](=O)[O-])c(Br)c2)C(=O)N1Cc1ccc(Cl)c(Cl)c1. The molecule has 0 saturated carbocycles. The van der Waals surface area contributed by atoms with Gasteiger partial charge in [-0.1, -0.05) is 35.3 Å². The maximum atomic E-state index is 12.9. The van der Waals surface area contributed by atoms with E-state index in [1.165, 1.54) is 24.3 Å². The van der Waals surface area contributed by atoms with Crippen LogP contribution in [0.2, 0.25) is 10.0 Å². The number of halogens is 6. The number of carbonyl (C=O) groups excluding carboxylic acids is 2. The molecule has 2 amide bonds. The smallest absolute Gasteiger partial charge is 0.416 e. The zero-order valence-electron chi connectivity index (χ0n) is 18.6. The van der Waals surface area contributed by atoms with E-state index in [0.717, 1.165) is 22.7 Å². The lowest BCUT2D eigenvalue weighted by atomic mass is 10.1. The third-order valence-corrected chi connectivity index (χ3v) is 7.42. The molecule has 0 spiro atoms. The number of nitro benzene ring substituents is 1. The minimum absolute atomic E-state index is 0.00127. The minimum Gasteiger partial charge on any atom is -0.449 e. The fourth-order valence-electron chi connectivity index (χ4n) is 3.34. The van der Waals surface area contributed by atoms with E-state index in [9.17, 15) is 32.9 Å². The molecule has 0 unspecified atom stereocenters. The Bertz CT molecular complexity index is 1520. The molecule has 0 atom stereocenters. The van der Waals surface area contributed by atoms with Crippen molar-refractivity contribution in [2.24, 2.45) is 0 Å². The fraction of sp³-hybridized carbons (Fsp3) is 0.0833. The van der Waals surface area contributed by atoms with Crippen molar-refractivity contribution in [2.45, 2.75) is 12.7 Å². The summed E-state index contributed by atoms with van der Waals surface area (Å²) in [5, 5.41) is 11.5. The van der Waals surface area contributed by atoms with Gasteiger partial charge in [0.25, 0.3) is 11.1 Å². The standard InChI is InChI=1S/C24H12BrCl2F3N2O5S/c25-15-7-12(2-5-19(15)37-20-6-3-14(24(28,29)30)10-18(20)32(35)36)9-21-22(33)31(23(34)38-21)11-13-1-4-16(26)17(27)8-13/h1-10H,11H2/b21-9-. The summed E-state index contributed by atoms with van der Waals surface area (Å²) in [6.07, 6.45) is -3.28. The second-order valence-corrected chi connectivity index (χ2v) is 10.4. The molecule has 1 aliphatic rings. The molecule has 1 aliphatic heterocycles. The van der Waals surface area contributed by atoms with E-state index >= 15 is 0 Å². The molecule has 0 N–H and O–H groups in total. The third-order valence-electron chi connectivity index (χ3n) is 5.15. The lowest BCUT2D eigenvalue weighted by Gasteiger charge is -2.13. The van der Waals surface area contributed by atoms with Gasteiger partial charge in [-0.05, 0) is 81.3 Å². The van der Waals surface area contributed by atoms with Crippen LogP contribution in [0.3, 0.4) is 0 Å². The van der Waals surface area contributed by atoms with Crippen LogP contribution in [0.15, 0.2) is 64.0 Å². The van der Waals surface area contributed by atoms with E-state index < -0.39 is 33.5 Å². The van der Waals surface area contributed by atoms with Crippen molar-refractivity contribution < 1.29 is 32.4 Å². The Morgan fingerprint density at radius 2 is 1.74 bits per heavy atom. The number of alkyl halides is 3. The Labute approximate surface area is 235 Å². The number of ether oxygens (including phenoxy) is 1. The van der Waals surface area contributed by atoms with Crippen LogP contribution in [-0.2, 0) is 17.5 Å². The Balaban J connectivity index is 1.54. The topological polar surface area (TPSA) is 89.7 Å². The number of carbonyl (C=O) groups is 2. The number of amides is 2. The zero-order valence-corrected chi connectivity index (χ0v) is 22.5. The molecule has 4 rings (SSSR count). The van der Waals surface area contributed by atoms with Crippen LogP contribution in [0.4, 0.5) is 23.7 Å². The number of benzene rings is 3. The molecule has 196 valence electrons. The van der Waals surface area contributed by atoms with Gasteiger partial charge in [-0.2, -0.15) is 13.2 Å². The normalized spacial score (nSPS) is 14.9. The van der Waals surface area contributed by atoms with E-state index in [4.69, 9.17) is 27.9 Å². The van der Waals surface area contributed by atoms with E-state index in [0.29, 0.717) is 37.8 Å². The second-order valence-electron chi connectivity index (χ2n) is 7.75. The van der Waals surface area contributed by atoms with Gasteiger partial charge in [0.15, 0.2) is 0 Å². The van der Waals surface area contributed by atoms with Gasteiger partial charge >= 0.3 is 11.9 Å².